The fourth-order valence-corrected chi connectivity index (χ4v) is 1.20. The highest BCUT2D eigenvalue weighted by molar-refractivity contribution is 6.26. The largest absolute Gasteiger partial charge is 0.769 e. The van der Waals surface area contributed by atoms with E-state index in [-0.39, 0.29) is 0 Å². The lowest BCUT2D eigenvalue weighted by molar-refractivity contribution is -0.0791. The zero-order chi connectivity index (χ0) is 8.69. The van der Waals surface area contributed by atoms with Gasteiger partial charge in [0.25, 0.3) is 0 Å². The third kappa shape index (κ3) is 5.99. The molecule has 1 atom stereocenters. The van der Waals surface area contributed by atoms with Crippen LogP contribution < -0.4 is 0 Å². The Morgan fingerprint density at radius 3 is 2.45 bits per heavy atom. The Bertz CT molecular complexity index is 117. The fourth-order valence-electron chi connectivity index (χ4n) is 0.556. The topological polar surface area (TPSA) is 44.8 Å². The van der Waals surface area contributed by atoms with E-state index >= 15 is 0 Å². The quantitative estimate of drug-likeness (QED) is 0.446. The summed E-state index contributed by atoms with van der Waals surface area (Å²) in [5.74, 6) is 0. The molecule has 0 saturated carbocycles. The molecule has 0 radical (unpaired) electrons. The van der Waals surface area contributed by atoms with Crippen molar-refractivity contribution in [3.8, 4) is 0 Å². The van der Waals surface area contributed by atoms with Crippen molar-refractivity contribution < 1.29 is 18.1 Å². The highest BCUT2D eigenvalue weighted by atomic mass is 28.3. The second-order valence-electron chi connectivity index (χ2n) is 1.82. The average Bonchev–Trinajstić information content (AvgIpc) is 1.87. The van der Waals surface area contributed by atoms with Gasteiger partial charge in [-0.1, -0.05) is 0 Å². The van der Waals surface area contributed by atoms with Crippen LogP contribution in [-0.2, 0) is 18.1 Å². The van der Waals surface area contributed by atoms with Crippen LogP contribution in [0.4, 0.5) is 0 Å². The normalized spacial score (nSPS) is 12.3. The highest BCUT2D eigenvalue weighted by Crippen LogP contribution is 1.92. The minimum absolute atomic E-state index is 0.399. The third-order valence-electron chi connectivity index (χ3n) is 0.926. The van der Waals surface area contributed by atoms with Crippen molar-refractivity contribution in [2.75, 3.05) is 13.2 Å². The first-order valence-electron chi connectivity index (χ1n) is 3.65. The molecule has 0 fully saturated rings. The molecule has 0 aliphatic heterocycles. The predicted molar refractivity (Wildman–Crippen MR) is 40.2 cm³/mol. The monoisotopic (exact) mass is 178 g/mol. The minimum Gasteiger partial charge on any atom is -0.496 e. The molecule has 0 heterocycles. The molecule has 66 valence electrons. The standard InChI is InChI=1S/C6H14O4Si/c1-4-8-6(3)10-11(7)9-5-2/h6H,4-5H2,1-3H3. The molecule has 0 N–H and O–H groups in total. The van der Waals surface area contributed by atoms with E-state index in [1.165, 1.54) is 0 Å². The zero-order valence-corrected chi connectivity index (χ0v) is 8.12. The molecule has 0 aromatic carbocycles. The SMILES string of the molecule is CCOC(C)O[Si](=O)OCC. The summed E-state index contributed by atoms with van der Waals surface area (Å²) in [4.78, 5) is 0. The van der Waals surface area contributed by atoms with Crippen LogP contribution in [0.2, 0.25) is 0 Å². The molecule has 0 spiro atoms. The number of rotatable bonds is 6. The number of hydrogen-bond donors (Lipinski definition) is 0. The van der Waals surface area contributed by atoms with Gasteiger partial charge in [-0.25, -0.2) is 0 Å². The van der Waals surface area contributed by atoms with Gasteiger partial charge < -0.3 is 13.6 Å². The van der Waals surface area contributed by atoms with Crippen LogP contribution >= 0.6 is 0 Å². The molecule has 0 bridgehead atoms. The second kappa shape index (κ2) is 6.30. The molecule has 4 nitrogen and oxygen atoms in total. The van der Waals surface area contributed by atoms with Gasteiger partial charge in [0.2, 0.25) is 0 Å². The Kier molecular flexibility index (Phi) is 6.06. The van der Waals surface area contributed by atoms with E-state index in [9.17, 15) is 4.46 Å². The van der Waals surface area contributed by atoms with E-state index in [4.69, 9.17) is 13.6 Å². The van der Waals surface area contributed by atoms with Crippen LogP contribution in [0, 0.1) is 0 Å². The van der Waals surface area contributed by atoms with E-state index in [1.807, 2.05) is 6.92 Å². The van der Waals surface area contributed by atoms with Crippen LogP contribution in [0.1, 0.15) is 20.8 Å². The van der Waals surface area contributed by atoms with Gasteiger partial charge >= 0.3 is 9.17 Å². The number of hydrogen-bond acceptors (Lipinski definition) is 4. The van der Waals surface area contributed by atoms with Crippen molar-refractivity contribution >= 4 is 9.17 Å². The first-order valence-corrected chi connectivity index (χ1v) is 4.88. The van der Waals surface area contributed by atoms with Gasteiger partial charge in [-0.2, -0.15) is 0 Å². The predicted octanol–water partition coefficient (Wildman–Crippen LogP) is 0.837. The first-order chi connectivity index (χ1) is 5.20. The van der Waals surface area contributed by atoms with Crippen LogP contribution in [0.25, 0.3) is 0 Å². The van der Waals surface area contributed by atoms with Crippen molar-refractivity contribution in [2.45, 2.75) is 27.1 Å². The van der Waals surface area contributed by atoms with E-state index in [0.717, 1.165) is 0 Å². The Morgan fingerprint density at radius 1 is 1.36 bits per heavy atom. The first kappa shape index (κ1) is 10.6. The van der Waals surface area contributed by atoms with Gasteiger partial charge in [-0.05, 0) is 20.8 Å². The van der Waals surface area contributed by atoms with E-state index < -0.39 is 15.5 Å². The lowest BCUT2D eigenvalue weighted by Gasteiger charge is -2.11. The summed E-state index contributed by atoms with van der Waals surface area (Å²) in [6.07, 6.45) is -0.446. The van der Waals surface area contributed by atoms with E-state index in [0.29, 0.717) is 13.2 Å². The lowest BCUT2D eigenvalue weighted by atomic mass is 10.7. The van der Waals surface area contributed by atoms with Crippen molar-refractivity contribution in [3.05, 3.63) is 0 Å². The van der Waals surface area contributed by atoms with Crippen molar-refractivity contribution in [2.24, 2.45) is 0 Å². The summed E-state index contributed by atoms with van der Waals surface area (Å²) < 4.78 is 25.3. The number of ether oxygens (including phenoxy) is 1. The minimum atomic E-state index is -2.34. The molecule has 5 heteroatoms. The molecular weight excluding hydrogens is 164 g/mol. The van der Waals surface area contributed by atoms with Gasteiger partial charge in [-0.15, -0.1) is 0 Å². The van der Waals surface area contributed by atoms with Crippen LogP contribution in [0.5, 0.6) is 0 Å². The summed E-state index contributed by atoms with van der Waals surface area (Å²) in [7, 11) is -2.34. The van der Waals surface area contributed by atoms with Gasteiger partial charge in [0, 0.05) is 6.61 Å². The van der Waals surface area contributed by atoms with E-state index in [1.54, 1.807) is 13.8 Å². The molecular formula is C6H14O4Si. The molecule has 0 aliphatic rings. The van der Waals surface area contributed by atoms with Gasteiger partial charge in [0.05, 0.1) is 6.61 Å². The highest BCUT2D eigenvalue weighted by Gasteiger charge is 2.13. The summed E-state index contributed by atoms with van der Waals surface area (Å²) in [6, 6.07) is 0. The Morgan fingerprint density at radius 2 is 2.00 bits per heavy atom. The summed E-state index contributed by atoms with van der Waals surface area (Å²) in [6.45, 7) is 6.24. The molecule has 0 amide bonds. The Labute approximate surface area is 68.4 Å². The maximum atomic E-state index is 10.8. The summed E-state index contributed by atoms with van der Waals surface area (Å²) in [5.41, 5.74) is 0. The van der Waals surface area contributed by atoms with Crippen molar-refractivity contribution in [3.63, 3.8) is 0 Å². The zero-order valence-electron chi connectivity index (χ0n) is 7.12. The third-order valence-corrected chi connectivity index (χ3v) is 1.97. The maximum absolute atomic E-state index is 10.8. The average molecular weight is 178 g/mol. The fraction of sp³-hybridized carbons (Fsp3) is 1.00. The summed E-state index contributed by atoms with van der Waals surface area (Å²) in [5, 5.41) is 0. The molecule has 0 aromatic heterocycles. The molecule has 0 aliphatic carbocycles. The Balaban J connectivity index is 3.40. The van der Waals surface area contributed by atoms with Crippen molar-refractivity contribution in [1.29, 1.82) is 0 Å². The van der Waals surface area contributed by atoms with Crippen LogP contribution in [0.3, 0.4) is 0 Å². The second-order valence-corrected chi connectivity index (χ2v) is 2.85. The molecule has 11 heavy (non-hydrogen) atoms. The smallest absolute Gasteiger partial charge is 0.496 e. The summed E-state index contributed by atoms with van der Waals surface area (Å²) >= 11 is 0. The van der Waals surface area contributed by atoms with Crippen LogP contribution in [0.15, 0.2) is 0 Å². The van der Waals surface area contributed by atoms with Crippen LogP contribution in [-0.4, -0.2) is 28.7 Å². The van der Waals surface area contributed by atoms with E-state index in [2.05, 4.69) is 0 Å². The van der Waals surface area contributed by atoms with Gasteiger partial charge in [-0.3, -0.25) is 4.46 Å². The Hall–Kier alpha value is -0.423. The lowest BCUT2D eigenvalue weighted by Crippen LogP contribution is -2.21. The molecule has 0 rings (SSSR count). The maximum Gasteiger partial charge on any atom is 0.769 e. The molecule has 1 unspecified atom stereocenters. The van der Waals surface area contributed by atoms with Gasteiger partial charge in [0.15, 0.2) is 6.29 Å². The molecule has 0 saturated heterocycles. The van der Waals surface area contributed by atoms with Gasteiger partial charge in [0.1, 0.15) is 0 Å². The van der Waals surface area contributed by atoms with Crippen molar-refractivity contribution in [1.82, 2.24) is 0 Å². The molecule has 0 aromatic rings.